The van der Waals surface area contributed by atoms with Gasteiger partial charge in [0.1, 0.15) is 5.82 Å². The highest BCUT2D eigenvalue weighted by molar-refractivity contribution is 14.0. The molecule has 0 amide bonds. The van der Waals surface area contributed by atoms with Crippen molar-refractivity contribution in [3.63, 3.8) is 0 Å². The van der Waals surface area contributed by atoms with Gasteiger partial charge in [0.2, 0.25) is 0 Å². The molecule has 2 N–H and O–H groups in total. The molecule has 0 aliphatic carbocycles. The van der Waals surface area contributed by atoms with Crippen molar-refractivity contribution < 1.29 is 9.47 Å². The summed E-state index contributed by atoms with van der Waals surface area (Å²) in [4.78, 5) is 13.6. The number of piperazine rings is 1. The molecule has 9 heteroatoms. The number of pyridine rings is 1. The summed E-state index contributed by atoms with van der Waals surface area (Å²) in [7, 11) is 3.92. The molecule has 0 bridgehead atoms. The number of nitrogens with one attached hydrogen (secondary N) is 2. The number of halogens is 1. The van der Waals surface area contributed by atoms with Gasteiger partial charge in [-0.25, -0.2) is 4.98 Å². The lowest BCUT2D eigenvalue weighted by Crippen LogP contribution is -2.44. The molecule has 0 radical (unpaired) electrons. The Labute approximate surface area is 201 Å². The van der Waals surface area contributed by atoms with Crippen molar-refractivity contribution in [2.75, 3.05) is 63.7 Å². The molecule has 1 saturated heterocycles. The number of hydrogen-bond acceptors (Lipinski definition) is 6. The summed E-state index contributed by atoms with van der Waals surface area (Å²) in [6.07, 6.45) is 2.77. The molecule has 1 fully saturated rings. The molecule has 4 rings (SSSR count). The van der Waals surface area contributed by atoms with Gasteiger partial charge in [0.05, 0.1) is 13.2 Å². The van der Waals surface area contributed by atoms with Gasteiger partial charge >= 0.3 is 0 Å². The van der Waals surface area contributed by atoms with E-state index in [9.17, 15) is 0 Å². The SMILES string of the molecule is CN=C(NCc1ccnc(N2CCN(C)CC2)c1)Nc1ccc2c(c1)OCCCO2.I. The van der Waals surface area contributed by atoms with Crippen LogP contribution in [0.1, 0.15) is 12.0 Å². The number of aromatic nitrogens is 1. The predicted molar refractivity (Wildman–Crippen MR) is 135 cm³/mol. The first-order valence-corrected chi connectivity index (χ1v) is 10.5. The van der Waals surface area contributed by atoms with Crippen LogP contribution in [0, 0.1) is 0 Å². The van der Waals surface area contributed by atoms with E-state index in [-0.39, 0.29) is 24.0 Å². The monoisotopic (exact) mass is 538 g/mol. The number of hydrogen-bond donors (Lipinski definition) is 2. The quantitative estimate of drug-likeness (QED) is 0.353. The van der Waals surface area contributed by atoms with Gasteiger partial charge < -0.3 is 29.9 Å². The Morgan fingerprint density at radius 3 is 2.61 bits per heavy atom. The molecule has 3 heterocycles. The van der Waals surface area contributed by atoms with Gasteiger partial charge in [-0.2, -0.15) is 0 Å². The zero-order valence-corrected chi connectivity index (χ0v) is 20.5. The molecular weight excluding hydrogens is 507 g/mol. The summed E-state index contributed by atoms with van der Waals surface area (Å²) < 4.78 is 11.5. The predicted octanol–water partition coefficient (Wildman–Crippen LogP) is 2.80. The highest BCUT2D eigenvalue weighted by Gasteiger charge is 2.15. The van der Waals surface area contributed by atoms with Crippen molar-refractivity contribution in [1.82, 2.24) is 15.2 Å². The number of benzene rings is 1. The van der Waals surface area contributed by atoms with Gasteiger partial charge in [0, 0.05) is 64.1 Å². The lowest BCUT2D eigenvalue weighted by Gasteiger charge is -2.33. The smallest absolute Gasteiger partial charge is 0.195 e. The molecule has 168 valence electrons. The Hall–Kier alpha value is -2.27. The largest absolute Gasteiger partial charge is 0.490 e. The fraction of sp³-hybridized carbons (Fsp3) is 0.455. The molecular formula is C22H31IN6O2. The van der Waals surface area contributed by atoms with E-state index in [1.54, 1.807) is 7.05 Å². The Balaban J connectivity index is 0.00000272. The van der Waals surface area contributed by atoms with Crippen LogP contribution in [0.3, 0.4) is 0 Å². The molecule has 0 spiro atoms. The zero-order valence-electron chi connectivity index (χ0n) is 18.1. The summed E-state index contributed by atoms with van der Waals surface area (Å²) in [5.41, 5.74) is 2.07. The Bertz CT molecular complexity index is 886. The van der Waals surface area contributed by atoms with Gasteiger partial charge in [-0.05, 0) is 36.9 Å². The number of rotatable bonds is 4. The summed E-state index contributed by atoms with van der Waals surface area (Å²) in [5, 5.41) is 6.70. The molecule has 2 aromatic rings. The van der Waals surface area contributed by atoms with Crippen LogP contribution in [-0.2, 0) is 6.54 Å². The number of ether oxygens (including phenoxy) is 2. The summed E-state index contributed by atoms with van der Waals surface area (Å²) in [5.74, 6) is 3.28. The molecule has 2 aliphatic rings. The van der Waals surface area contributed by atoms with Crippen molar-refractivity contribution >= 4 is 41.4 Å². The lowest BCUT2D eigenvalue weighted by atomic mass is 10.2. The van der Waals surface area contributed by atoms with E-state index in [0.29, 0.717) is 25.7 Å². The number of guanidine groups is 1. The normalized spacial score (nSPS) is 16.8. The first-order chi connectivity index (χ1) is 14.7. The molecule has 0 unspecified atom stereocenters. The minimum absolute atomic E-state index is 0. The highest BCUT2D eigenvalue weighted by Crippen LogP contribution is 2.32. The highest BCUT2D eigenvalue weighted by atomic mass is 127. The van der Waals surface area contributed by atoms with Crippen molar-refractivity contribution in [2.45, 2.75) is 13.0 Å². The fourth-order valence-corrected chi connectivity index (χ4v) is 3.52. The number of anilines is 2. The van der Waals surface area contributed by atoms with Crippen LogP contribution in [0.4, 0.5) is 11.5 Å². The molecule has 31 heavy (non-hydrogen) atoms. The molecule has 0 saturated carbocycles. The maximum atomic E-state index is 5.77. The number of aliphatic imine (C=N–C) groups is 1. The van der Waals surface area contributed by atoms with Crippen LogP contribution >= 0.6 is 24.0 Å². The third kappa shape index (κ3) is 6.36. The van der Waals surface area contributed by atoms with Crippen LogP contribution < -0.4 is 25.0 Å². The van der Waals surface area contributed by atoms with Crippen molar-refractivity contribution in [1.29, 1.82) is 0 Å². The summed E-state index contributed by atoms with van der Waals surface area (Å²) >= 11 is 0. The second-order valence-corrected chi connectivity index (χ2v) is 7.58. The second-order valence-electron chi connectivity index (χ2n) is 7.58. The fourth-order valence-electron chi connectivity index (χ4n) is 3.52. The van der Waals surface area contributed by atoms with Crippen LogP contribution in [0.2, 0.25) is 0 Å². The van der Waals surface area contributed by atoms with Gasteiger partial charge in [-0.15, -0.1) is 24.0 Å². The van der Waals surface area contributed by atoms with E-state index in [0.717, 1.165) is 55.6 Å². The van der Waals surface area contributed by atoms with Crippen LogP contribution in [-0.4, -0.2) is 69.3 Å². The minimum Gasteiger partial charge on any atom is -0.490 e. The topological polar surface area (TPSA) is 74.3 Å². The maximum Gasteiger partial charge on any atom is 0.195 e. The third-order valence-corrected chi connectivity index (χ3v) is 5.33. The first kappa shape index (κ1) is 23.4. The first-order valence-electron chi connectivity index (χ1n) is 10.5. The van der Waals surface area contributed by atoms with E-state index in [1.165, 1.54) is 5.56 Å². The summed E-state index contributed by atoms with van der Waals surface area (Å²) in [6.45, 7) is 6.16. The number of likely N-dealkylation sites (N-methyl/N-ethyl adjacent to an activating group) is 1. The Morgan fingerprint density at radius 2 is 1.84 bits per heavy atom. The third-order valence-electron chi connectivity index (χ3n) is 5.33. The standard InChI is InChI=1S/C22H30N6O2.HI/c1-23-22(26-18-4-5-19-20(15-18)30-13-3-12-29-19)25-16-17-6-7-24-21(14-17)28-10-8-27(2)9-11-28;/h4-7,14-15H,3,8-13,16H2,1-2H3,(H2,23,25,26);1H. The molecule has 1 aromatic heterocycles. The number of nitrogens with zero attached hydrogens (tertiary/aromatic N) is 4. The van der Waals surface area contributed by atoms with E-state index in [1.807, 2.05) is 30.5 Å². The second kappa shape index (κ2) is 11.4. The van der Waals surface area contributed by atoms with Gasteiger partial charge in [0.15, 0.2) is 17.5 Å². The van der Waals surface area contributed by atoms with Crippen molar-refractivity contribution in [3.8, 4) is 11.5 Å². The van der Waals surface area contributed by atoms with E-state index in [2.05, 4.69) is 43.5 Å². The molecule has 0 atom stereocenters. The lowest BCUT2D eigenvalue weighted by molar-refractivity contribution is 0.297. The maximum absolute atomic E-state index is 5.77. The van der Waals surface area contributed by atoms with Crippen molar-refractivity contribution in [3.05, 3.63) is 42.1 Å². The van der Waals surface area contributed by atoms with Crippen molar-refractivity contribution in [2.24, 2.45) is 4.99 Å². The van der Waals surface area contributed by atoms with Crippen LogP contribution in [0.5, 0.6) is 11.5 Å². The summed E-state index contributed by atoms with van der Waals surface area (Å²) in [6, 6.07) is 10.0. The van der Waals surface area contributed by atoms with Gasteiger partial charge in [-0.1, -0.05) is 0 Å². The minimum atomic E-state index is 0. The van der Waals surface area contributed by atoms with Gasteiger partial charge in [0.25, 0.3) is 0 Å². The average Bonchev–Trinajstić information content (AvgIpc) is 3.02. The Morgan fingerprint density at radius 1 is 1.06 bits per heavy atom. The molecule has 1 aromatic carbocycles. The van der Waals surface area contributed by atoms with Crippen LogP contribution in [0.25, 0.3) is 0 Å². The van der Waals surface area contributed by atoms with Gasteiger partial charge in [-0.3, -0.25) is 4.99 Å². The van der Waals surface area contributed by atoms with E-state index < -0.39 is 0 Å². The Kier molecular flexibility index (Phi) is 8.59. The molecule has 2 aliphatic heterocycles. The van der Waals surface area contributed by atoms with Crippen LogP contribution in [0.15, 0.2) is 41.5 Å². The molecule has 8 nitrogen and oxygen atoms in total. The van der Waals surface area contributed by atoms with E-state index >= 15 is 0 Å². The zero-order chi connectivity index (χ0) is 20.8. The average molecular weight is 538 g/mol. The van der Waals surface area contributed by atoms with E-state index in [4.69, 9.17) is 9.47 Å². The number of fused-ring (bicyclic) bond motifs is 1.